The van der Waals surface area contributed by atoms with E-state index in [2.05, 4.69) is 15.2 Å². The van der Waals surface area contributed by atoms with Crippen LogP contribution >= 0.6 is 0 Å². The van der Waals surface area contributed by atoms with Gasteiger partial charge in [0.25, 0.3) is 11.8 Å². The number of hydrogen-bond acceptors (Lipinski definition) is 7. The monoisotopic (exact) mass is 600 g/mol. The molecule has 4 aromatic rings. The van der Waals surface area contributed by atoms with Crippen LogP contribution in [0.15, 0.2) is 59.1 Å². The van der Waals surface area contributed by atoms with E-state index in [1.165, 1.54) is 38.1 Å². The Morgan fingerprint density at radius 1 is 1.12 bits per heavy atom. The summed E-state index contributed by atoms with van der Waals surface area (Å²) in [6.45, 7) is 2.70. The molecule has 0 fully saturated rings. The summed E-state index contributed by atoms with van der Waals surface area (Å²) in [4.78, 5) is 18.3. The SMILES string of the molecule is CC(C)(C#N)c1nnc(-c2cc3c(cc2F)C(F)(F)CC(N)C(=O)N3Cc2ccc(-c3cc(C(F)(F)F)ccn3)cc2)o1. The number of aromatic nitrogens is 3. The number of pyridine rings is 1. The number of amides is 1. The van der Waals surface area contributed by atoms with E-state index in [1.54, 1.807) is 0 Å². The Bertz CT molecular complexity index is 1740. The molecule has 3 heterocycles. The fraction of sp³-hybridized carbons (Fsp3) is 0.276. The van der Waals surface area contributed by atoms with Crippen molar-refractivity contribution in [2.24, 2.45) is 5.73 Å². The van der Waals surface area contributed by atoms with E-state index in [0.29, 0.717) is 17.2 Å². The molecule has 14 heteroatoms. The first-order valence-corrected chi connectivity index (χ1v) is 12.8. The van der Waals surface area contributed by atoms with Gasteiger partial charge in [0.2, 0.25) is 11.8 Å². The minimum Gasteiger partial charge on any atom is -0.419 e. The van der Waals surface area contributed by atoms with E-state index >= 15 is 13.2 Å². The van der Waals surface area contributed by atoms with E-state index in [-0.39, 0.29) is 35.3 Å². The van der Waals surface area contributed by atoms with E-state index < -0.39 is 52.8 Å². The first-order chi connectivity index (χ1) is 20.1. The second-order valence-corrected chi connectivity index (χ2v) is 10.6. The summed E-state index contributed by atoms with van der Waals surface area (Å²) in [6, 6.07) is 9.59. The standard InChI is InChI=1S/C29H22F6N6O2/c1-27(2,14-36)26-40-39-24(43-26)18-10-23-19(11-20(18)30)28(31,32)12-21(37)25(42)41(23)13-15-3-5-16(6-4-15)22-9-17(7-8-38-22)29(33,34)35/h3-11,21H,12-13,37H2,1-2H3. The average molecular weight is 601 g/mol. The number of nitrogens with two attached hydrogens (primary N) is 1. The lowest BCUT2D eigenvalue weighted by Crippen LogP contribution is -2.43. The number of anilines is 1. The molecule has 222 valence electrons. The van der Waals surface area contributed by atoms with E-state index in [0.717, 1.165) is 29.3 Å². The van der Waals surface area contributed by atoms with Gasteiger partial charge in [0.15, 0.2) is 0 Å². The first kappa shape index (κ1) is 29.7. The number of carbonyl (C=O) groups is 1. The number of carbonyl (C=O) groups excluding carboxylic acids is 1. The molecular weight excluding hydrogens is 578 g/mol. The van der Waals surface area contributed by atoms with Crippen molar-refractivity contribution in [2.75, 3.05) is 4.90 Å². The highest BCUT2D eigenvalue weighted by molar-refractivity contribution is 5.99. The quantitative estimate of drug-likeness (QED) is 0.274. The molecule has 8 nitrogen and oxygen atoms in total. The van der Waals surface area contributed by atoms with Gasteiger partial charge in [-0.2, -0.15) is 18.4 Å². The predicted molar refractivity (Wildman–Crippen MR) is 141 cm³/mol. The van der Waals surface area contributed by atoms with Crippen molar-refractivity contribution < 1.29 is 35.6 Å². The predicted octanol–water partition coefficient (Wildman–Crippen LogP) is 6.11. The van der Waals surface area contributed by atoms with Crippen molar-refractivity contribution in [1.29, 1.82) is 5.26 Å². The van der Waals surface area contributed by atoms with Crippen LogP contribution in [-0.4, -0.2) is 27.1 Å². The molecule has 0 saturated heterocycles. The highest BCUT2D eigenvalue weighted by Crippen LogP contribution is 2.45. The Morgan fingerprint density at radius 2 is 1.81 bits per heavy atom. The molecule has 2 N–H and O–H groups in total. The fourth-order valence-electron chi connectivity index (χ4n) is 4.56. The number of hydrogen-bond donors (Lipinski definition) is 1. The number of halogens is 6. The van der Waals surface area contributed by atoms with Crippen LogP contribution in [-0.2, 0) is 28.9 Å². The summed E-state index contributed by atoms with van der Waals surface area (Å²) in [5, 5.41) is 16.9. The van der Waals surface area contributed by atoms with Crippen molar-refractivity contribution in [3.8, 4) is 28.8 Å². The van der Waals surface area contributed by atoms with Crippen molar-refractivity contribution in [2.45, 2.75) is 50.4 Å². The average Bonchev–Trinajstić information content (AvgIpc) is 3.44. The van der Waals surface area contributed by atoms with Crippen molar-refractivity contribution in [3.63, 3.8) is 0 Å². The largest absolute Gasteiger partial charge is 0.419 e. The second-order valence-electron chi connectivity index (χ2n) is 10.6. The Balaban J connectivity index is 1.54. The third-order valence-corrected chi connectivity index (χ3v) is 6.98. The van der Waals surface area contributed by atoms with Crippen molar-refractivity contribution >= 4 is 11.6 Å². The van der Waals surface area contributed by atoms with Crippen LogP contribution in [0.1, 0.15) is 42.8 Å². The molecule has 1 atom stereocenters. The molecule has 1 aliphatic heterocycles. The van der Waals surface area contributed by atoms with Gasteiger partial charge >= 0.3 is 6.18 Å². The zero-order valence-electron chi connectivity index (χ0n) is 22.6. The molecule has 0 aliphatic carbocycles. The highest BCUT2D eigenvalue weighted by Gasteiger charge is 2.45. The molecule has 1 amide bonds. The molecule has 2 aromatic heterocycles. The van der Waals surface area contributed by atoms with Gasteiger partial charge in [-0.1, -0.05) is 24.3 Å². The third-order valence-electron chi connectivity index (χ3n) is 6.98. The number of fused-ring (bicyclic) bond motifs is 1. The lowest BCUT2D eigenvalue weighted by atomic mass is 9.96. The van der Waals surface area contributed by atoms with Crippen LogP contribution in [0.4, 0.5) is 32.0 Å². The van der Waals surface area contributed by atoms with Crippen LogP contribution in [0.25, 0.3) is 22.7 Å². The van der Waals surface area contributed by atoms with E-state index in [1.807, 2.05) is 6.07 Å². The zero-order chi connectivity index (χ0) is 31.3. The van der Waals surface area contributed by atoms with Gasteiger partial charge in [0.05, 0.1) is 41.2 Å². The van der Waals surface area contributed by atoms with Gasteiger partial charge in [-0.25, -0.2) is 13.2 Å². The second kappa shape index (κ2) is 10.5. The maximum atomic E-state index is 15.3. The van der Waals surface area contributed by atoms with Gasteiger partial charge in [-0.15, -0.1) is 10.2 Å². The summed E-state index contributed by atoms with van der Waals surface area (Å²) in [5.41, 5.74) is 3.06. The molecule has 1 unspecified atom stereocenters. The van der Waals surface area contributed by atoms with Crippen LogP contribution in [0.3, 0.4) is 0 Å². The van der Waals surface area contributed by atoms with Crippen LogP contribution < -0.4 is 10.6 Å². The van der Waals surface area contributed by atoms with Crippen LogP contribution in [0.5, 0.6) is 0 Å². The number of alkyl halides is 5. The van der Waals surface area contributed by atoms with Crippen molar-refractivity contribution in [1.82, 2.24) is 15.2 Å². The maximum absolute atomic E-state index is 15.3. The van der Waals surface area contributed by atoms with Gasteiger partial charge in [0.1, 0.15) is 11.2 Å². The molecule has 5 rings (SSSR count). The van der Waals surface area contributed by atoms with E-state index in [4.69, 9.17) is 10.2 Å². The molecule has 0 radical (unpaired) electrons. The third kappa shape index (κ3) is 5.68. The first-order valence-electron chi connectivity index (χ1n) is 12.8. The summed E-state index contributed by atoms with van der Waals surface area (Å²) in [6.07, 6.45) is -4.60. The summed E-state index contributed by atoms with van der Waals surface area (Å²) < 4.78 is 90.7. The van der Waals surface area contributed by atoms with Crippen LogP contribution in [0, 0.1) is 17.1 Å². The Morgan fingerprint density at radius 3 is 2.47 bits per heavy atom. The van der Waals surface area contributed by atoms with Gasteiger partial charge < -0.3 is 15.1 Å². The van der Waals surface area contributed by atoms with Crippen LogP contribution in [0.2, 0.25) is 0 Å². The summed E-state index contributed by atoms with van der Waals surface area (Å²) >= 11 is 0. The highest BCUT2D eigenvalue weighted by atomic mass is 19.4. The Labute approximate surface area is 240 Å². The minimum absolute atomic E-state index is 0.0536. The lowest BCUT2D eigenvalue weighted by Gasteiger charge is -2.25. The van der Waals surface area contributed by atoms with E-state index in [9.17, 15) is 23.2 Å². The lowest BCUT2D eigenvalue weighted by molar-refractivity contribution is -0.137. The number of nitriles is 1. The molecule has 0 bridgehead atoms. The van der Waals surface area contributed by atoms with Gasteiger partial charge in [0, 0.05) is 23.7 Å². The Kier molecular flexibility index (Phi) is 7.25. The van der Waals surface area contributed by atoms with Gasteiger partial charge in [-0.3, -0.25) is 9.78 Å². The molecule has 0 saturated carbocycles. The smallest absolute Gasteiger partial charge is 0.416 e. The summed E-state index contributed by atoms with van der Waals surface area (Å²) in [7, 11) is 0. The molecule has 2 aromatic carbocycles. The number of benzene rings is 2. The molecule has 0 spiro atoms. The molecule has 1 aliphatic rings. The van der Waals surface area contributed by atoms with Gasteiger partial charge in [-0.05, 0) is 43.7 Å². The summed E-state index contributed by atoms with van der Waals surface area (Å²) in [5.74, 6) is -6.18. The maximum Gasteiger partial charge on any atom is 0.416 e. The minimum atomic E-state index is -4.56. The normalized spacial score (nSPS) is 16.9. The number of rotatable bonds is 5. The molecular formula is C29H22F6N6O2. The van der Waals surface area contributed by atoms with Crippen molar-refractivity contribution in [3.05, 3.63) is 83.1 Å². The Hall–Kier alpha value is -4.77. The molecule has 43 heavy (non-hydrogen) atoms. The number of nitrogens with zero attached hydrogens (tertiary/aromatic N) is 5. The topological polar surface area (TPSA) is 122 Å². The fourth-order valence-corrected chi connectivity index (χ4v) is 4.56. The zero-order valence-corrected chi connectivity index (χ0v) is 22.6.